The second-order valence-corrected chi connectivity index (χ2v) is 4.63. The zero-order valence-electron chi connectivity index (χ0n) is 10.1. The Morgan fingerprint density at radius 3 is 2.88 bits per heavy atom. The van der Waals surface area contributed by atoms with Crippen LogP contribution in [0.2, 0.25) is 0 Å². The number of hydrogen-bond acceptors (Lipinski definition) is 3. The number of carbonyl (C=O) groups is 1. The monoisotopic (exact) mass is 226 g/mol. The van der Waals surface area contributed by atoms with Crippen molar-refractivity contribution in [3.8, 4) is 0 Å². The molecule has 2 rings (SSSR count). The Morgan fingerprint density at radius 2 is 2.31 bits per heavy atom. The third-order valence-corrected chi connectivity index (χ3v) is 3.55. The van der Waals surface area contributed by atoms with Crippen LogP contribution in [0.4, 0.5) is 0 Å². The third kappa shape index (κ3) is 2.55. The van der Waals surface area contributed by atoms with Crippen LogP contribution < -0.4 is 5.32 Å². The van der Waals surface area contributed by atoms with Crippen molar-refractivity contribution in [2.24, 2.45) is 0 Å². The lowest BCUT2D eigenvalue weighted by Crippen LogP contribution is -2.47. The second-order valence-electron chi connectivity index (χ2n) is 4.63. The van der Waals surface area contributed by atoms with Crippen molar-refractivity contribution in [1.29, 1.82) is 0 Å². The average Bonchev–Trinajstić information content (AvgIpc) is 2.85. The van der Waals surface area contributed by atoms with Gasteiger partial charge in [-0.2, -0.15) is 0 Å². The molecule has 2 aliphatic heterocycles. The number of amides is 1. The largest absolute Gasteiger partial charge is 0.368 e. The number of nitrogens with zero attached hydrogens (tertiary/aromatic N) is 1. The Kier molecular flexibility index (Phi) is 4.18. The van der Waals surface area contributed by atoms with Crippen LogP contribution in [0.3, 0.4) is 0 Å². The van der Waals surface area contributed by atoms with E-state index in [2.05, 4.69) is 12.2 Å². The van der Waals surface area contributed by atoms with E-state index in [-0.39, 0.29) is 12.0 Å². The van der Waals surface area contributed by atoms with Crippen LogP contribution in [-0.4, -0.2) is 49.2 Å². The van der Waals surface area contributed by atoms with Gasteiger partial charge in [0.25, 0.3) is 5.91 Å². The van der Waals surface area contributed by atoms with Crippen LogP contribution in [0.25, 0.3) is 0 Å². The molecule has 0 spiro atoms. The van der Waals surface area contributed by atoms with E-state index in [9.17, 15) is 4.79 Å². The fraction of sp³-hybridized carbons (Fsp3) is 0.917. The summed E-state index contributed by atoms with van der Waals surface area (Å²) in [7, 11) is 0. The van der Waals surface area contributed by atoms with Crippen LogP contribution in [0.5, 0.6) is 0 Å². The summed E-state index contributed by atoms with van der Waals surface area (Å²) in [5.41, 5.74) is 0. The summed E-state index contributed by atoms with van der Waals surface area (Å²) in [6, 6.07) is 0.378. The minimum Gasteiger partial charge on any atom is -0.368 e. The average molecular weight is 226 g/mol. The first-order valence-electron chi connectivity index (χ1n) is 6.45. The molecule has 0 aliphatic carbocycles. The molecule has 0 bridgehead atoms. The standard InChI is InChI=1S/C12H22N2O2/c1-2-14(10-6-7-13-9-10)12(15)11-5-3-4-8-16-11/h10-11,13H,2-9H2,1H3. The number of nitrogens with one attached hydrogen (secondary N) is 1. The van der Waals surface area contributed by atoms with Gasteiger partial charge in [-0.15, -0.1) is 0 Å². The first-order valence-corrected chi connectivity index (χ1v) is 6.45. The lowest BCUT2D eigenvalue weighted by atomic mass is 10.1. The summed E-state index contributed by atoms with van der Waals surface area (Å²) in [6.07, 6.45) is 4.02. The second kappa shape index (κ2) is 5.64. The molecule has 4 nitrogen and oxygen atoms in total. The fourth-order valence-electron chi connectivity index (χ4n) is 2.62. The highest BCUT2D eigenvalue weighted by molar-refractivity contribution is 5.81. The van der Waals surface area contributed by atoms with E-state index in [1.807, 2.05) is 4.90 Å². The van der Waals surface area contributed by atoms with Gasteiger partial charge in [-0.05, 0) is 39.2 Å². The lowest BCUT2D eigenvalue weighted by molar-refractivity contribution is -0.148. The predicted octanol–water partition coefficient (Wildman–Crippen LogP) is 0.766. The SMILES string of the molecule is CCN(C(=O)C1CCCCO1)C1CCNC1. The lowest BCUT2D eigenvalue weighted by Gasteiger charge is -2.32. The van der Waals surface area contributed by atoms with Gasteiger partial charge < -0.3 is 15.0 Å². The number of ether oxygens (including phenoxy) is 1. The maximum absolute atomic E-state index is 12.3. The first-order chi connectivity index (χ1) is 7.83. The highest BCUT2D eigenvalue weighted by Gasteiger charge is 2.31. The van der Waals surface area contributed by atoms with Crippen molar-refractivity contribution in [2.45, 2.75) is 44.8 Å². The molecule has 2 fully saturated rings. The van der Waals surface area contributed by atoms with Gasteiger partial charge in [-0.25, -0.2) is 0 Å². The number of hydrogen-bond donors (Lipinski definition) is 1. The zero-order chi connectivity index (χ0) is 11.4. The predicted molar refractivity (Wildman–Crippen MR) is 62.3 cm³/mol. The minimum absolute atomic E-state index is 0.172. The molecule has 0 saturated carbocycles. The van der Waals surface area contributed by atoms with Crippen molar-refractivity contribution in [2.75, 3.05) is 26.2 Å². The molecule has 2 unspecified atom stereocenters. The molecule has 2 heterocycles. The molecule has 0 radical (unpaired) electrons. The maximum Gasteiger partial charge on any atom is 0.251 e. The Labute approximate surface area is 97.3 Å². The Hall–Kier alpha value is -0.610. The van der Waals surface area contributed by atoms with Crippen molar-refractivity contribution in [3.63, 3.8) is 0 Å². The van der Waals surface area contributed by atoms with Gasteiger partial charge in [0.05, 0.1) is 0 Å². The fourth-order valence-corrected chi connectivity index (χ4v) is 2.62. The quantitative estimate of drug-likeness (QED) is 0.772. The normalized spacial score (nSPS) is 30.3. The number of likely N-dealkylation sites (N-methyl/N-ethyl adjacent to an activating group) is 1. The van der Waals surface area contributed by atoms with Gasteiger partial charge >= 0.3 is 0 Å². The Bertz CT molecular complexity index is 233. The summed E-state index contributed by atoms with van der Waals surface area (Å²) in [6.45, 7) is 5.56. The van der Waals surface area contributed by atoms with Gasteiger partial charge in [-0.1, -0.05) is 0 Å². The zero-order valence-corrected chi connectivity index (χ0v) is 10.1. The molecule has 1 N–H and O–H groups in total. The van der Waals surface area contributed by atoms with Crippen LogP contribution in [-0.2, 0) is 9.53 Å². The first kappa shape index (κ1) is 11.9. The molecule has 1 amide bonds. The maximum atomic E-state index is 12.3. The van der Waals surface area contributed by atoms with E-state index >= 15 is 0 Å². The van der Waals surface area contributed by atoms with Crippen LogP contribution in [0.1, 0.15) is 32.6 Å². The summed E-state index contributed by atoms with van der Waals surface area (Å²) in [5, 5.41) is 3.31. The van der Waals surface area contributed by atoms with E-state index in [1.165, 1.54) is 0 Å². The molecule has 2 atom stereocenters. The Morgan fingerprint density at radius 1 is 1.44 bits per heavy atom. The summed E-state index contributed by atoms with van der Waals surface area (Å²) < 4.78 is 5.57. The molecule has 2 saturated heterocycles. The van der Waals surface area contributed by atoms with E-state index in [0.717, 1.165) is 51.9 Å². The third-order valence-electron chi connectivity index (χ3n) is 3.55. The topological polar surface area (TPSA) is 41.6 Å². The van der Waals surface area contributed by atoms with Gasteiger partial charge in [0.2, 0.25) is 0 Å². The highest BCUT2D eigenvalue weighted by atomic mass is 16.5. The molecule has 0 aromatic rings. The van der Waals surface area contributed by atoms with Gasteiger partial charge in [-0.3, -0.25) is 4.79 Å². The number of carbonyl (C=O) groups excluding carboxylic acids is 1. The molecular weight excluding hydrogens is 204 g/mol. The van der Waals surface area contributed by atoms with E-state index in [0.29, 0.717) is 6.04 Å². The van der Waals surface area contributed by atoms with Crippen LogP contribution >= 0.6 is 0 Å². The number of rotatable bonds is 3. The van der Waals surface area contributed by atoms with Crippen LogP contribution in [0.15, 0.2) is 0 Å². The van der Waals surface area contributed by atoms with Gasteiger partial charge in [0.15, 0.2) is 0 Å². The van der Waals surface area contributed by atoms with Gasteiger partial charge in [0.1, 0.15) is 6.10 Å². The molecule has 4 heteroatoms. The van der Waals surface area contributed by atoms with E-state index < -0.39 is 0 Å². The molecule has 0 aromatic heterocycles. The Balaban J connectivity index is 1.93. The van der Waals surface area contributed by atoms with Gasteiger partial charge in [0, 0.05) is 25.7 Å². The van der Waals surface area contributed by atoms with Crippen molar-refractivity contribution < 1.29 is 9.53 Å². The van der Waals surface area contributed by atoms with Crippen molar-refractivity contribution in [3.05, 3.63) is 0 Å². The van der Waals surface area contributed by atoms with E-state index in [4.69, 9.17) is 4.74 Å². The molecule has 0 aromatic carbocycles. The van der Waals surface area contributed by atoms with Crippen molar-refractivity contribution in [1.82, 2.24) is 10.2 Å². The molecule has 2 aliphatic rings. The van der Waals surface area contributed by atoms with Crippen LogP contribution in [0, 0.1) is 0 Å². The summed E-state index contributed by atoms with van der Waals surface area (Å²) >= 11 is 0. The van der Waals surface area contributed by atoms with Crippen molar-refractivity contribution >= 4 is 5.91 Å². The summed E-state index contributed by atoms with van der Waals surface area (Å²) in [5.74, 6) is 0.205. The van der Waals surface area contributed by atoms with E-state index in [1.54, 1.807) is 0 Å². The molecular formula is C12H22N2O2. The molecule has 92 valence electrons. The molecule has 16 heavy (non-hydrogen) atoms. The minimum atomic E-state index is -0.172. The summed E-state index contributed by atoms with van der Waals surface area (Å²) in [4.78, 5) is 14.3. The smallest absolute Gasteiger partial charge is 0.251 e. The highest BCUT2D eigenvalue weighted by Crippen LogP contribution is 2.18.